The molecule has 0 radical (unpaired) electrons. The molecule has 8 heteroatoms. The normalized spacial score (nSPS) is 17.3. The van der Waals surface area contributed by atoms with E-state index in [2.05, 4.69) is 24.4 Å². The van der Waals surface area contributed by atoms with Gasteiger partial charge in [0.2, 0.25) is 0 Å². The van der Waals surface area contributed by atoms with Crippen molar-refractivity contribution in [2.75, 3.05) is 0 Å². The van der Waals surface area contributed by atoms with E-state index in [1.165, 1.54) is 0 Å². The summed E-state index contributed by atoms with van der Waals surface area (Å²) in [5.41, 5.74) is 6.13. The summed E-state index contributed by atoms with van der Waals surface area (Å²) in [6.45, 7) is 1.01. The van der Waals surface area contributed by atoms with Crippen molar-refractivity contribution < 1.29 is 14.7 Å². The Labute approximate surface area is 203 Å². The van der Waals surface area contributed by atoms with Gasteiger partial charge in [-0.3, -0.25) is 24.9 Å². The third-order valence-electron chi connectivity index (χ3n) is 7.63. The van der Waals surface area contributed by atoms with Gasteiger partial charge in [-0.05, 0) is 24.6 Å². The number of carbonyl (C=O) groups is 2. The molecule has 2 aliphatic rings. The number of fused-ring (bicyclic) bond motifs is 9. The molecule has 0 saturated heterocycles. The van der Waals surface area contributed by atoms with E-state index < -0.39 is 6.10 Å². The monoisotopic (exact) mass is 473 g/mol. The minimum Gasteiger partial charge on any atom is -0.391 e. The molecule has 2 N–H and O–H groups in total. The van der Waals surface area contributed by atoms with E-state index in [1.54, 1.807) is 18.6 Å². The largest absolute Gasteiger partial charge is 0.391 e. The van der Waals surface area contributed by atoms with Crippen LogP contribution in [-0.4, -0.2) is 42.1 Å². The van der Waals surface area contributed by atoms with Crippen molar-refractivity contribution in [2.24, 2.45) is 0 Å². The van der Waals surface area contributed by atoms with E-state index in [0.29, 0.717) is 30.6 Å². The molecule has 8 nitrogen and oxygen atoms in total. The number of aryl methyl sites for hydroxylation is 1. The maximum Gasteiger partial charge on any atom is 0.259 e. The fourth-order valence-corrected chi connectivity index (χ4v) is 6.20. The maximum absolute atomic E-state index is 13.3. The average Bonchev–Trinajstić information content (AvgIpc) is 3.49. The standard InChI is InChI=1S/C28H19N5O3/c34-15-7-10-32-20-6-5-14(18-12-29-8-9-30-18)11-17(20)22-24-23(27(35)31-28(24)36)21-16-3-1-2-4-19(16)33(13-15)26(21)25(22)32/h1-6,8-9,11-12,15,34H,7,10,13H2,(H,31,35,36). The highest BCUT2D eigenvalue weighted by molar-refractivity contribution is 6.39. The number of nitrogens with one attached hydrogen (secondary N) is 1. The second-order valence-corrected chi connectivity index (χ2v) is 9.52. The third kappa shape index (κ3) is 2.36. The van der Waals surface area contributed by atoms with Crippen LogP contribution in [0.15, 0.2) is 61.1 Å². The Bertz CT molecular complexity index is 1950. The highest BCUT2D eigenvalue weighted by atomic mass is 16.3. The van der Waals surface area contributed by atoms with E-state index in [0.717, 1.165) is 54.9 Å². The SMILES string of the molecule is O=C1NC(=O)c2c1c1c3cc(-c4cnccn4)ccc3n3c1c1c2c2ccccc2n1CC(O)CC3. The summed E-state index contributed by atoms with van der Waals surface area (Å²) in [5.74, 6) is -0.756. The Balaban J connectivity index is 1.66. The number of amides is 2. The van der Waals surface area contributed by atoms with Crippen molar-refractivity contribution in [3.8, 4) is 11.3 Å². The second kappa shape index (κ2) is 6.77. The molecule has 2 amide bonds. The smallest absolute Gasteiger partial charge is 0.259 e. The van der Waals surface area contributed by atoms with Crippen LogP contribution in [0.2, 0.25) is 0 Å². The van der Waals surface area contributed by atoms with Gasteiger partial charge in [-0.1, -0.05) is 24.3 Å². The molecule has 0 bridgehead atoms. The molecule has 0 aliphatic carbocycles. The zero-order valence-corrected chi connectivity index (χ0v) is 19.0. The van der Waals surface area contributed by atoms with Crippen LogP contribution in [-0.2, 0) is 13.1 Å². The first-order valence-electron chi connectivity index (χ1n) is 11.9. The van der Waals surface area contributed by atoms with Crippen LogP contribution >= 0.6 is 0 Å². The van der Waals surface area contributed by atoms with E-state index in [-0.39, 0.29) is 11.8 Å². The summed E-state index contributed by atoms with van der Waals surface area (Å²) in [6.07, 6.45) is 5.01. The molecule has 8 rings (SSSR count). The molecule has 0 saturated carbocycles. The van der Waals surface area contributed by atoms with Gasteiger partial charge in [0.25, 0.3) is 11.8 Å². The molecule has 36 heavy (non-hydrogen) atoms. The van der Waals surface area contributed by atoms with E-state index in [9.17, 15) is 14.7 Å². The molecular weight excluding hydrogens is 454 g/mol. The first-order valence-corrected chi connectivity index (χ1v) is 11.9. The summed E-state index contributed by atoms with van der Waals surface area (Å²) >= 11 is 0. The number of aromatic nitrogens is 4. The van der Waals surface area contributed by atoms with Crippen molar-refractivity contribution in [3.05, 3.63) is 72.2 Å². The van der Waals surface area contributed by atoms with Crippen LogP contribution in [0.3, 0.4) is 0 Å². The Morgan fingerprint density at radius 3 is 2.44 bits per heavy atom. The number of hydrogen-bond donors (Lipinski definition) is 2. The zero-order chi connectivity index (χ0) is 24.1. The van der Waals surface area contributed by atoms with Gasteiger partial charge in [-0.15, -0.1) is 0 Å². The van der Waals surface area contributed by atoms with Gasteiger partial charge >= 0.3 is 0 Å². The van der Waals surface area contributed by atoms with Gasteiger partial charge in [0.1, 0.15) is 0 Å². The molecule has 0 spiro atoms. The molecule has 0 fully saturated rings. The Hall–Kier alpha value is -4.56. The van der Waals surface area contributed by atoms with Crippen molar-refractivity contribution in [1.82, 2.24) is 24.4 Å². The van der Waals surface area contributed by atoms with Gasteiger partial charge in [-0.25, -0.2) is 0 Å². The zero-order valence-electron chi connectivity index (χ0n) is 19.0. The Kier molecular flexibility index (Phi) is 3.71. The Morgan fingerprint density at radius 2 is 1.64 bits per heavy atom. The fraction of sp³-hybridized carbons (Fsp3) is 0.143. The highest BCUT2D eigenvalue weighted by Crippen LogP contribution is 2.46. The van der Waals surface area contributed by atoms with Crippen LogP contribution in [0.4, 0.5) is 0 Å². The lowest BCUT2D eigenvalue weighted by Gasteiger charge is -2.20. The molecule has 1 atom stereocenters. The lowest BCUT2D eigenvalue weighted by Crippen LogP contribution is -2.20. The quantitative estimate of drug-likeness (QED) is 0.352. The van der Waals surface area contributed by atoms with Crippen LogP contribution in [0.5, 0.6) is 0 Å². The highest BCUT2D eigenvalue weighted by Gasteiger charge is 2.37. The number of aliphatic hydroxyl groups is 1. The van der Waals surface area contributed by atoms with E-state index in [4.69, 9.17) is 0 Å². The number of hydrogen-bond acceptors (Lipinski definition) is 5. The summed E-state index contributed by atoms with van der Waals surface area (Å²) in [7, 11) is 0. The number of nitrogens with zero attached hydrogens (tertiary/aromatic N) is 4. The van der Waals surface area contributed by atoms with Gasteiger partial charge < -0.3 is 14.2 Å². The third-order valence-corrected chi connectivity index (χ3v) is 7.63. The van der Waals surface area contributed by atoms with Crippen molar-refractivity contribution in [2.45, 2.75) is 25.6 Å². The summed E-state index contributed by atoms with van der Waals surface area (Å²) < 4.78 is 4.31. The number of benzene rings is 3. The van der Waals surface area contributed by atoms with Gasteiger partial charge in [0.15, 0.2) is 0 Å². The average molecular weight is 473 g/mol. The number of imide groups is 1. The lowest BCUT2D eigenvalue weighted by atomic mass is 9.96. The molecule has 3 aromatic heterocycles. The number of carbonyl (C=O) groups excluding carboxylic acids is 2. The first-order chi connectivity index (χ1) is 17.6. The Morgan fingerprint density at radius 1 is 0.889 bits per heavy atom. The summed E-state index contributed by atoms with van der Waals surface area (Å²) in [5, 5.41) is 16.8. The molecule has 5 heterocycles. The molecule has 1 unspecified atom stereocenters. The number of aliphatic hydroxyl groups excluding tert-OH is 1. The van der Waals surface area contributed by atoms with Crippen LogP contribution in [0.25, 0.3) is 54.9 Å². The molecule has 6 aromatic rings. The number of rotatable bonds is 1. The van der Waals surface area contributed by atoms with E-state index >= 15 is 0 Å². The first kappa shape index (κ1) is 19.7. The van der Waals surface area contributed by atoms with Crippen LogP contribution in [0, 0.1) is 0 Å². The maximum atomic E-state index is 13.3. The van der Waals surface area contributed by atoms with Crippen LogP contribution < -0.4 is 5.32 Å². The van der Waals surface area contributed by atoms with Crippen LogP contribution in [0.1, 0.15) is 27.1 Å². The van der Waals surface area contributed by atoms with Crippen molar-refractivity contribution >= 4 is 55.4 Å². The van der Waals surface area contributed by atoms with Gasteiger partial charge in [0.05, 0.1) is 40.2 Å². The number of para-hydroxylation sites is 1. The summed E-state index contributed by atoms with van der Waals surface area (Å²) in [4.78, 5) is 35.2. The van der Waals surface area contributed by atoms with Crippen molar-refractivity contribution in [3.63, 3.8) is 0 Å². The lowest BCUT2D eigenvalue weighted by molar-refractivity contribution is 0.0880. The minimum absolute atomic E-state index is 0.375. The van der Waals surface area contributed by atoms with Gasteiger partial charge in [0, 0.05) is 63.6 Å². The molecule has 3 aromatic carbocycles. The fourth-order valence-electron chi connectivity index (χ4n) is 6.20. The summed E-state index contributed by atoms with van der Waals surface area (Å²) in [6, 6.07) is 14.0. The van der Waals surface area contributed by atoms with E-state index in [1.807, 2.05) is 42.5 Å². The topological polar surface area (TPSA) is 102 Å². The minimum atomic E-state index is -0.549. The molecule has 174 valence electrons. The molecule has 2 aliphatic heterocycles. The predicted octanol–water partition coefficient (Wildman–Crippen LogP) is 4.01. The predicted molar refractivity (Wildman–Crippen MR) is 136 cm³/mol. The molecular formula is C28H19N5O3. The van der Waals surface area contributed by atoms with Gasteiger partial charge in [-0.2, -0.15) is 0 Å². The second-order valence-electron chi connectivity index (χ2n) is 9.52. The van der Waals surface area contributed by atoms with Crippen molar-refractivity contribution in [1.29, 1.82) is 0 Å².